The first-order valence-electron chi connectivity index (χ1n) is 7.22. The molecule has 1 aliphatic rings. The van der Waals surface area contributed by atoms with Crippen LogP contribution < -0.4 is 5.32 Å². The maximum absolute atomic E-state index is 11.2. The largest absolute Gasteiger partial charge is 0.356 e. The lowest BCUT2D eigenvalue weighted by atomic mass is 10.0. The molecule has 0 aromatic carbocycles. The Morgan fingerprint density at radius 2 is 2.16 bits per heavy atom. The quantitative estimate of drug-likeness (QED) is 0.416. The van der Waals surface area contributed by atoms with E-state index in [9.17, 15) is 4.79 Å². The lowest BCUT2D eigenvalue weighted by Gasteiger charge is -2.06. The van der Waals surface area contributed by atoms with Crippen LogP contribution in [0.1, 0.15) is 46.5 Å². The molecule has 0 bridgehead atoms. The van der Waals surface area contributed by atoms with E-state index in [1.165, 1.54) is 18.4 Å². The molecule has 2 nitrogen and oxygen atoms in total. The van der Waals surface area contributed by atoms with E-state index in [4.69, 9.17) is 12.2 Å². The summed E-state index contributed by atoms with van der Waals surface area (Å²) in [6.07, 6.45) is 10.3. The predicted molar refractivity (Wildman–Crippen MR) is 85.3 cm³/mol. The van der Waals surface area contributed by atoms with Crippen LogP contribution in [0.3, 0.4) is 0 Å². The third-order valence-electron chi connectivity index (χ3n) is 3.46. The highest BCUT2D eigenvalue weighted by Crippen LogP contribution is 2.45. The third kappa shape index (κ3) is 6.15. The molecule has 1 fully saturated rings. The topological polar surface area (TPSA) is 29.1 Å². The van der Waals surface area contributed by atoms with Crippen molar-refractivity contribution in [3.8, 4) is 0 Å². The number of thiocarbonyl (C=S) groups is 1. The summed E-state index contributed by atoms with van der Waals surface area (Å²) in [7, 11) is 0. The first-order chi connectivity index (χ1) is 9.08. The fourth-order valence-corrected chi connectivity index (χ4v) is 2.36. The number of carbonyl (C=O) groups excluding carboxylic acids is 1. The minimum absolute atomic E-state index is 0.155. The number of rotatable bonds is 8. The van der Waals surface area contributed by atoms with E-state index < -0.39 is 0 Å². The summed E-state index contributed by atoms with van der Waals surface area (Å²) in [6.45, 7) is 6.85. The molecule has 1 unspecified atom stereocenters. The summed E-state index contributed by atoms with van der Waals surface area (Å²) in [5.74, 6) is 1.45. The molecule has 1 saturated carbocycles. The molecule has 0 heterocycles. The molecule has 1 amide bonds. The Morgan fingerprint density at radius 1 is 1.42 bits per heavy atom. The van der Waals surface area contributed by atoms with E-state index in [2.05, 4.69) is 24.4 Å². The molecule has 0 radical (unpaired) electrons. The summed E-state index contributed by atoms with van der Waals surface area (Å²) in [6, 6.07) is 0. The van der Waals surface area contributed by atoms with Crippen LogP contribution >= 0.6 is 12.2 Å². The van der Waals surface area contributed by atoms with Crippen molar-refractivity contribution >= 4 is 23.0 Å². The first-order valence-corrected chi connectivity index (χ1v) is 7.63. The summed E-state index contributed by atoms with van der Waals surface area (Å²) >= 11 is 5.04. The van der Waals surface area contributed by atoms with Gasteiger partial charge >= 0.3 is 0 Å². The minimum Gasteiger partial charge on any atom is -0.356 e. The molecule has 0 aromatic rings. The van der Waals surface area contributed by atoms with Gasteiger partial charge in [0.2, 0.25) is 5.91 Å². The number of hydrogen-bond acceptors (Lipinski definition) is 2. The van der Waals surface area contributed by atoms with Crippen molar-refractivity contribution < 1.29 is 4.79 Å². The van der Waals surface area contributed by atoms with Gasteiger partial charge in [-0.15, -0.1) is 0 Å². The fraction of sp³-hybridized carbons (Fsp3) is 0.625. The molecule has 1 N–H and O–H groups in total. The number of amides is 1. The molecular weight excluding hydrogens is 254 g/mol. The molecule has 1 rings (SSSR count). The van der Waals surface area contributed by atoms with Crippen LogP contribution in [0, 0.1) is 11.8 Å². The van der Waals surface area contributed by atoms with Crippen LogP contribution in [0.4, 0.5) is 0 Å². The number of hydrogen-bond donors (Lipinski definition) is 1. The normalized spacial score (nSPS) is 22.6. The molecule has 0 saturated heterocycles. The lowest BCUT2D eigenvalue weighted by Crippen LogP contribution is -2.24. The van der Waals surface area contributed by atoms with E-state index in [1.54, 1.807) is 0 Å². The number of nitrogens with one attached hydrogen (secondary N) is 1. The highest BCUT2D eigenvalue weighted by Gasteiger charge is 2.38. The Kier molecular flexibility index (Phi) is 7.00. The molecule has 1 aliphatic carbocycles. The predicted octanol–water partition coefficient (Wildman–Crippen LogP) is 3.82. The van der Waals surface area contributed by atoms with Gasteiger partial charge in [-0.05, 0) is 37.7 Å². The molecule has 0 spiro atoms. The maximum atomic E-state index is 11.2. The zero-order valence-corrected chi connectivity index (χ0v) is 13.1. The Hall–Kier alpha value is -0.960. The molecular formula is C16H25NOS. The maximum Gasteiger partial charge on any atom is 0.219 e. The highest BCUT2D eigenvalue weighted by molar-refractivity contribution is 7.80. The van der Waals surface area contributed by atoms with E-state index in [0.29, 0.717) is 18.3 Å². The first kappa shape index (κ1) is 16.1. The van der Waals surface area contributed by atoms with Gasteiger partial charge in [0.05, 0.1) is 0 Å². The van der Waals surface area contributed by atoms with Gasteiger partial charge in [-0.3, -0.25) is 4.79 Å². The Balaban J connectivity index is 2.46. The van der Waals surface area contributed by atoms with E-state index in [0.717, 1.165) is 17.8 Å². The molecule has 3 heteroatoms. The van der Waals surface area contributed by atoms with Crippen molar-refractivity contribution in [1.29, 1.82) is 0 Å². The zero-order valence-electron chi connectivity index (χ0n) is 12.2. The number of allylic oxidation sites excluding steroid dienone is 4. The SMILES string of the molecule is CCC/C(=C\C=C/C(C)=S)C1C[C@H]1CNC(=O)CC. The molecule has 106 valence electrons. The van der Waals surface area contributed by atoms with Crippen LogP contribution in [0.2, 0.25) is 0 Å². The summed E-state index contributed by atoms with van der Waals surface area (Å²) in [4.78, 5) is 12.2. The van der Waals surface area contributed by atoms with Crippen molar-refractivity contribution in [2.24, 2.45) is 11.8 Å². The zero-order chi connectivity index (χ0) is 14.3. The van der Waals surface area contributed by atoms with Crippen LogP contribution in [-0.4, -0.2) is 17.3 Å². The van der Waals surface area contributed by atoms with Crippen molar-refractivity contribution in [2.75, 3.05) is 6.54 Å². The summed E-state index contributed by atoms with van der Waals surface area (Å²) in [5.41, 5.74) is 1.51. The van der Waals surface area contributed by atoms with Crippen LogP contribution in [0.25, 0.3) is 0 Å². The van der Waals surface area contributed by atoms with Crippen LogP contribution in [-0.2, 0) is 4.79 Å². The van der Waals surface area contributed by atoms with E-state index in [-0.39, 0.29) is 5.91 Å². The smallest absolute Gasteiger partial charge is 0.219 e. The van der Waals surface area contributed by atoms with E-state index in [1.807, 2.05) is 19.9 Å². The second-order valence-corrected chi connectivity index (χ2v) is 5.87. The average molecular weight is 279 g/mol. The monoisotopic (exact) mass is 279 g/mol. The Morgan fingerprint density at radius 3 is 2.74 bits per heavy atom. The van der Waals surface area contributed by atoms with Gasteiger partial charge < -0.3 is 5.32 Å². The average Bonchev–Trinajstić information content (AvgIpc) is 3.14. The van der Waals surface area contributed by atoms with Gasteiger partial charge in [0.15, 0.2) is 0 Å². The van der Waals surface area contributed by atoms with Gasteiger partial charge in [0, 0.05) is 17.8 Å². The van der Waals surface area contributed by atoms with E-state index >= 15 is 0 Å². The fourth-order valence-electron chi connectivity index (χ4n) is 2.29. The number of carbonyl (C=O) groups is 1. The second kappa shape index (κ2) is 8.26. The Labute approximate surface area is 122 Å². The minimum atomic E-state index is 0.155. The van der Waals surface area contributed by atoms with Gasteiger partial charge in [0.25, 0.3) is 0 Å². The van der Waals surface area contributed by atoms with Crippen molar-refractivity contribution in [1.82, 2.24) is 5.32 Å². The van der Waals surface area contributed by atoms with Gasteiger partial charge in [-0.25, -0.2) is 0 Å². The van der Waals surface area contributed by atoms with Crippen molar-refractivity contribution in [2.45, 2.75) is 46.5 Å². The molecule has 2 atom stereocenters. The molecule has 0 aromatic heterocycles. The standard InChI is InChI=1S/C16H25NOS/c1-4-7-13(9-6-8-12(3)19)15-10-14(15)11-17-16(18)5-2/h6,8-9,14-15H,4-5,7,10-11H2,1-3H3,(H,17,18)/b8-6-,13-9+/t14-,15?/m0/s1. The summed E-state index contributed by atoms with van der Waals surface area (Å²) < 4.78 is 0. The third-order valence-corrected chi connectivity index (χ3v) is 3.60. The second-order valence-electron chi connectivity index (χ2n) is 5.22. The van der Waals surface area contributed by atoms with Gasteiger partial charge in [0.1, 0.15) is 0 Å². The van der Waals surface area contributed by atoms with Crippen molar-refractivity contribution in [3.05, 3.63) is 23.8 Å². The van der Waals surface area contributed by atoms with Crippen molar-refractivity contribution in [3.63, 3.8) is 0 Å². The lowest BCUT2D eigenvalue weighted by molar-refractivity contribution is -0.120. The highest BCUT2D eigenvalue weighted by atomic mass is 32.1. The van der Waals surface area contributed by atoms with Crippen LogP contribution in [0.5, 0.6) is 0 Å². The molecule has 19 heavy (non-hydrogen) atoms. The van der Waals surface area contributed by atoms with Gasteiger partial charge in [-0.2, -0.15) is 0 Å². The Bertz CT molecular complexity index is 384. The molecule has 0 aliphatic heterocycles. The summed E-state index contributed by atoms with van der Waals surface area (Å²) in [5, 5.41) is 2.99. The van der Waals surface area contributed by atoms with Crippen LogP contribution in [0.15, 0.2) is 23.8 Å². The van der Waals surface area contributed by atoms with Gasteiger partial charge in [-0.1, -0.05) is 50.2 Å².